The van der Waals surface area contributed by atoms with Crippen LogP contribution in [0.5, 0.6) is 5.75 Å². The molecule has 156 valence electrons. The molecule has 2 aliphatic carbocycles. The highest BCUT2D eigenvalue weighted by molar-refractivity contribution is 7.88. The van der Waals surface area contributed by atoms with E-state index in [-0.39, 0.29) is 12.0 Å². The lowest BCUT2D eigenvalue weighted by Gasteiger charge is -2.36. The highest BCUT2D eigenvalue weighted by Gasteiger charge is 2.36. The molecule has 1 N–H and O–H groups in total. The first kappa shape index (κ1) is 20.2. The molecule has 2 saturated carbocycles. The van der Waals surface area contributed by atoms with Crippen molar-refractivity contribution >= 4 is 10.0 Å². The van der Waals surface area contributed by atoms with Crippen LogP contribution < -0.4 is 9.46 Å². The molecule has 0 saturated heterocycles. The van der Waals surface area contributed by atoms with Gasteiger partial charge in [0.2, 0.25) is 10.0 Å². The summed E-state index contributed by atoms with van der Waals surface area (Å²) in [4.78, 5) is 0. The number of fused-ring (bicyclic) bond motifs is 4. The van der Waals surface area contributed by atoms with Crippen molar-refractivity contribution in [1.29, 1.82) is 0 Å². The number of hydrogen-bond donors (Lipinski definition) is 1. The fourth-order valence-electron chi connectivity index (χ4n) is 5.34. The summed E-state index contributed by atoms with van der Waals surface area (Å²) in [6.45, 7) is 1.25. The minimum Gasteiger partial charge on any atom is -0.493 e. The number of benzene rings is 1. The van der Waals surface area contributed by atoms with Crippen LogP contribution in [0.4, 0.5) is 0 Å². The van der Waals surface area contributed by atoms with Crippen LogP contribution in [0.2, 0.25) is 0 Å². The average molecular weight is 408 g/mol. The Morgan fingerprint density at radius 3 is 2.50 bits per heavy atom. The van der Waals surface area contributed by atoms with Crippen molar-refractivity contribution in [2.45, 2.75) is 69.4 Å². The summed E-state index contributed by atoms with van der Waals surface area (Å²) in [6.07, 6.45) is 10.0. The molecule has 0 spiro atoms. The van der Waals surface area contributed by atoms with Gasteiger partial charge < -0.3 is 9.47 Å². The minimum absolute atomic E-state index is 0.0689. The van der Waals surface area contributed by atoms with E-state index in [1.165, 1.54) is 11.8 Å². The molecule has 2 heterocycles. The molecule has 0 aromatic heterocycles. The number of rotatable bonds is 2. The maximum absolute atomic E-state index is 12.0. The number of ether oxygens (including phenoxy) is 2. The van der Waals surface area contributed by atoms with Gasteiger partial charge in [0, 0.05) is 12.0 Å². The lowest BCUT2D eigenvalue weighted by molar-refractivity contribution is -0.0204. The largest absolute Gasteiger partial charge is 0.493 e. The zero-order chi connectivity index (χ0) is 19.6. The zero-order valence-corrected chi connectivity index (χ0v) is 17.6. The predicted octanol–water partition coefficient (Wildman–Crippen LogP) is 3.85. The van der Waals surface area contributed by atoms with Crippen molar-refractivity contribution in [3.05, 3.63) is 29.8 Å². The predicted molar refractivity (Wildman–Crippen MR) is 110 cm³/mol. The van der Waals surface area contributed by atoms with Crippen LogP contribution in [0.15, 0.2) is 24.3 Å². The smallest absolute Gasteiger partial charge is 0.208 e. The molecule has 0 radical (unpaired) electrons. The van der Waals surface area contributed by atoms with Crippen molar-refractivity contribution in [3.8, 4) is 5.75 Å². The fraction of sp³-hybridized carbons (Fsp3) is 0.727. The van der Waals surface area contributed by atoms with Gasteiger partial charge in [-0.15, -0.1) is 0 Å². The summed E-state index contributed by atoms with van der Waals surface area (Å²) in [5.74, 6) is 2.03. The van der Waals surface area contributed by atoms with Crippen LogP contribution in [0, 0.1) is 11.8 Å². The zero-order valence-electron chi connectivity index (χ0n) is 16.8. The van der Waals surface area contributed by atoms with E-state index in [2.05, 4.69) is 29.0 Å². The topological polar surface area (TPSA) is 64.6 Å². The summed E-state index contributed by atoms with van der Waals surface area (Å²) < 4.78 is 39.6. The third-order valence-corrected chi connectivity index (χ3v) is 7.57. The SMILES string of the molecule is CS(=O)(=O)N[C@H]1CCCCC2COc3ccccc3[C@H]3CC[C@H](CC3)OC[C@H]21. The standard InChI is InChI=1S/C22H33NO4S/c1-28(24,25)23-21-8-4-2-6-17-14-27-22-9-5-3-7-19(22)16-10-12-18(13-11-16)26-15-20(17)21/h3,5,7,9,16-18,20-21,23H,2,4,6,8,10-15H2,1H3/t16-,17?,18+,20-,21+/m1/s1. The molecule has 5 nitrogen and oxygen atoms in total. The van der Waals surface area contributed by atoms with E-state index in [9.17, 15) is 8.42 Å². The van der Waals surface area contributed by atoms with Gasteiger partial charge >= 0.3 is 0 Å². The molecule has 5 rings (SSSR count). The first-order valence-corrected chi connectivity index (χ1v) is 12.7. The number of sulfonamides is 1. The molecular formula is C22H33NO4S. The minimum atomic E-state index is -3.25. The van der Waals surface area contributed by atoms with Crippen LogP contribution in [-0.2, 0) is 14.8 Å². The van der Waals surface area contributed by atoms with E-state index < -0.39 is 10.0 Å². The molecule has 2 fully saturated rings. The Kier molecular flexibility index (Phi) is 6.28. The number of nitrogens with one attached hydrogen (secondary N) is 1. The van der Waals surface area contributed by atoms with E-state index in [0.29, 0.717) is 31.2 Å². The fourth-order valence-corrected chi connectivity index (χ4v) is 6.18. The summed E-state index contributed by atoms with van der Waals surface area (Å²) in [6, 6.07) is 8.41. The van der Waals surface area contributed by atoms with Crippen LogP contribution in [-0.4, -0.2) is 40.0 Å². The van der Waals surface area contributed by atoms with Crippen molar-refractivity contribution in [2.75, 3.05) is 19.5 Å². The highest BCUT2D eigenvalue weighted by Crippen LogP contribution is 2.40. The van der Waals surface area contributed by atoms with E-state index in [1.807, 2.05) is 0 Å². The molecule has 28 heavy (non-hydrogen) atoms. The molecule has 2 aliphatic heterocycles. The number of para-hydroxylation sites is 1. The van der Waals surface area contributed by atoms with Gasteiger partial charge in [0.25, 0.3) is 0 Å². The molecular weight excluding hydrogens is 374 g/mol. The molecule has 0 amide bonds. The van der Waals surface area contributed by atoms with E-state index in [0.717, 1.165) is 57.1 Å². The second kappa shape index (κ2) is 8.72. The lowest BCUT2D eigenvalue weighted by atomic mass is 9.81. The second-order valence-electron chi connectivity index (χ2n) is 8.86. The first-order chi connectivity index (χ1) is 13.5. The monoisotopic (exact) mass is 407 g/mol. The normalized spacial score (nSPS) is 34.1. The Labute approximate surface area is 169 Å². The summed E-state index contributed by atoms with van der Waals surface area (Å²) in [7, 11) is -3.25. The van der Waals surface area contributed by atoms with Crippen LogP contribution in [0.1, 0.15) is 62.8 Å². The summed E-state index contributed by atoms with van der Waals surface area (Å²) >= 11 is 0. The first-order valence-electron chi connectivity index (χ1n) is 10.8. The van der Waals surface area contributed by atoms with Gasteiger partial charge in [-0.2, -0.15) is 0 Å². The van der Waals surface area contributed by atoms with E-state index >= 15 is 0 Å². The summed E-state index contributed by atoms with van der Waals surface area (Å²) in [5.41, 5.74) is 1.33. The summed E-state index contributed by atoms with van der Waals surface area (Å²) in [5, 5.41) is 0. The molecule has 6 heteroatoms. The van der Waals surface area contributed by atoms with Gasteiger partial charge in [-0.25, -0.2) is 13.1 Å². The Bertz CT molecular complexity index is 758. The van der Waals surface area contributed by atoms with E-state index in [1.54, 1.807) is 0 Å². The third kappa shape index (κ3) is 4.89. The molecule has 3 atom stereocenters. The second-order valence-corrected chi connectivity index (χ2v) is 10.6. The van der Waals surface area contributed by atoms with Crippen molar-refractivity contribution in [3.63, 3.8) is 0 Å². The van der Waals surface area contributed by atoms with Crippen LogP contribution >= 0.6 is 0 Å². The highest BCUT2D eigenvalue weighted by atomic mass is 32.2. The van der Waals surface area contributed by atoms with Gasteiger partial charge in [-0.05, 0) is 62.0 Å². The molecule has 1 aromatic rings. The van der Waals surface area contributed by atoms with Crippen LogP contribution in [0.25, 0.3) is 0 Å². The van der Waals surface area contributed by atoms with Crippen molar-refractivity contribution in [1.82, 2.24) is 4.72 Å². The van der Waals surface area contributed by atoms with Gasteiger partial charge in [0.15, 0.2) is 0 Å². The Balaban J connectivity index is 1.62. The van der Waals surface area contributed by atoms with Gasteiger partial charge in [-0.1, -0.05) is 31.0 Å². The molecule has 1 unspecified atom stereocenters. The van der Waals surface area contributed by atoms with Crippen molar-refractivity contribution < 1.29 is 17.9 Å². The third-order valence-electron chi connectivity index (χ3n) is 6.84. The lowest BCUT2D eigenvalue weighted by Crippen LogP contribution is -2.45. The van der Waals surface area contributed by atoms with Crippen LogP contribution in [0.3, 0.4) is 0 Å². The van der Waals surface area contributed by atoms with Gasteiger partial charge in [0.1, 0.15) is 5.75 Å². The Morgan fingerprint density at radius 2 is 1.71 bits per heavy atom. The Hall–Kier alpha value is -1.11. The maximum atomic E-state index is 12.0. The molecule has 1 aromatic carbocycles. The van der Waals surface area contributed by atoms with Crippen molar-refractivity contribution in [2.24, 2.45) is 11.8 Å². The van der Waals surface area contributed by atoms with Gasteiger partial charge in [0.05, 0.1) is 25.6 Å². The average Bonchev–Trinajstić information content (AvgIpc) is 2.85. The van der Waals surface area contributed by atoms with Gasteiger partial charge in [-0.3, -0.25) is 0 Å². The molecule has 2 bridgehead atoms. The quantitative estimate of drug-likeness (QED) is 0.809. The maximum Gasteiger partial charge on any atom is 0.208 e. The number of hydrogen-bond acceptors (Lipinski definition) is 4. The van der Waals surface area contributed by atoms with E-state index in [4.69, 9.17) is 9.47 Å². The Morgan fingerprint density at radius 1 is 0.964 bits per heavy atom. The molecule has 4 aliphatic rings.